The molecule has 0 N–H and O–H groups in total. The number of pyridine rings is 1. The summed E-state index contributed by atoms with van der Waals surface area (Å²) in [6.07, 6.45) is -0.935. The Kier molecular flexibility index (Phi) is 3.61. The quantitative estimate of drug-likeness (QED) is 0.745. The van der Waals surface area contributed by atoms with Crippen molar-refractivity contribution in [2.24, 2.45) is 0 Å². The van der Waals surface area contributed by atoms with Crippen LogP contribution in [0.4, 0.5) is 13.2 Å². The van der Waals surface area contributed by atoms with Crippen LogP contribution >= 0.6 is 11.8 Å². The van der Waals surface area contributed by atoms with E-state index in [9.17, 15) is 13.2 Å². The molecule has 0 saturated carbocycles. The maximum atomic E-state index is 12.7. The number of hydrogen-bond acceptors (Lipinski definition) is 2. The average molecular weight is 269 g/mol. The first-order valence-corrected chi connectivity index (χ1v) is 6.41. The zero-order valence-electron chi connectivity index (χ0n) is 9.53. The Labute approximate surface area is 107 Å². The van der Waals surface area contributed by atoms with Crippen LogP contribution in [-0.2, 0) is 6.18 Å². The number of halogens is 3. The highest BCUT2D eigenvalue weighted by Crippen LogP contribution is 2.36. The number of benzene rings is 1. The molecule has 1 aromatic heterocycles. The first kappa shape index (κ1) is 13.0. The van der Waals surface area contributed by atoms with E-state index in [1.807, 2.05) is 6.26 Å². The van der Waals surface area contributed by atoms with Crippen molar-refractivity contribution in [2.75, 3.05) is 6.26 Å². The maximum absolute atomic E-state index is 12.7. The number of nitrogens with zero attached hydrogens (tertiary/aromatic N) is 1. The van der Waals surface area contributed by atoms with Crippen molar-refractivity contribution >= 4 is 11.8 Å². The summed E-state index contributed by atoms with van der Waals surface area (Å²) >= 11 is 1.40. The van der Waals surface area contributed by atoms with Crippen LogP contribution in [0.25, 0.3) is 11.3 Å². The van der Waals surface area contributed by atoms with E-state index < -0.39 is 11.7 Å². The topological polar surface area (TPSA) is 12.9 Å². The molecule has 0 amide bonds. The summed E-state index contributed by atoms with van der Waals surface area (Å²) in [6.45, 7) is 0. The lowest BCUT2D eigenvalue weighted by molar-refractivity contribution is -0.137. The first-order chi connectivity index (χ1) is 8.52. The fraction of sp³-hybridized carbons (Fsp3) is 0.154. The minimum absolute atomic E-state index is 0.512. The molecule has 0 aliphatic rings. The SMILES string of the molecule is CSc1ccc(C(F)(F)F)cc1-c1ccccn1. The fourth-order valence-electron chi connectivity index (χ4n) is 1.61. The van der Waals surface area contributed by atoms with E-state index in [0.29, 0.717) is 11.3 Å². The van der Waals surface area contributed by atoms with Gasteiger partial charge in [0.15, 0.2) is 0 Å². The highest BCUT2D eigenvalue weighted by Gasteiger charge is 2.31. The van der Waals surface area contributed by atoms with Crippen LogP contribution < -0.4 is 0 Å². The summed E-state index contributed by atoms with van der Waals surface area (Å²) in [7, 11) is 0. The maximum Gasteiger partial charge on any atom is 0.416 e. The van der Waals surface area contributed by atoms with Crippen LogP contribution in [0.15, 0.2) is 47.5 Å². The van der Waals surface area contributed by atoms with E-state index >= 15 is 0 Å². The van der Waals surface area contributed by atoms with Gasteiger partial charge in [-0.05, 0) is 36.6 Å². The van der Waals surface area contributed by atoms with E-state index in [1.165, 1.54) is 17.8 Å². The molecule has 0 fully saturated rings. The number of alkyl halides is 3. The number of aromatic nitrogens is 1. The Hall–Kier alpha value is -1.49. The predicted molar refractivity (Wildman–Crippen MR) is 66.5 cm³/mol. The van der Waals surface area contributed by atoms with Gasteiger partial charge in [0.1, 0.15) is 0 Å². The van der Waals surface area contributed by atoms with E-state index in [4.69, 9.17) is 0 Å². The second-order valence-corrected chi connectivity index (χ2v) is 4.48. The minimum atomic E-state index is -4.33. The highest BCUT2D eigenvalue weighted by atomic mass is 32.2. The van der Waals surface area contributed by atoms with Crippen molar-refractivity contribution in [1.82, 2.24) is 4.98 Å². The van der Waals surface area contributed by atoms with Gasteiger partial charge in [-0.2, -0.15) is 13.2 Å². The third kappa shape index (κ3) is 2.67. The van der Waals surface area contributed by atoms with Gasteiger partial charge >= 0.3 is 6.18 Å². The second kappa shape index (κ2) is 5.02. The summed E-state index contributed by atoms with van der Waals surface area (Å²) < 4.78 is 38.1. The van der Waals surface area contributed by atoms with Gasteiger partial charge in [-0.15, -0.1) is 11.8 Å². The summed E-state index contributed by atoms with van der Waals surface area (Å²) in [4.78, 5) is 4.88. The molecular formula is C13H10F3NS. The van der Waals surface area contributed by atoms with Crippen molar-refractivity contribution < 1.29 is 13.2 Å². The molecule has 0 aliphatic carbocycles. The zero-order chi connectivity index (χ0) is 13.2. The third-order valence-corrected chi connectivity index (χ3v) is 3.26. The smallest absolute Gasteiger partial charge is 0.256 e. The van der Waals surface area contributed by atoms with Gasteiger partial charge in [0.2, 0.25) is 0 Å². The van der Waals surface area contributed by atoms with Gasteiger partial charge in [0, 0.05) is 16.7 Å². The predicted octanol–water partition coefficient (Wildman–Crippen LogP) is 4.49. The van der Waals surface area contributed by atoms with E-state index in [1.54, 1.807) is 24.4 Å². The molecule has 1 nitrogen and oxygen atoms in total. The molecule has 0 saturated heterocycles. The molecule has 0 spiro atoms. The minimum Gasteiger partial charge on any atom is -0.256 e. The first-order valence-electron chi connectivity index (χ1n) is 5.19. The summed E-state index contributed by atoms with van der Waals surface area (Å²) in [6, 6.07) is 8.92. The molecule has 5 heteroatoms. The molecule has 18 heavy (non-hydrogen) atoms. The number of thioether (sulfide) groups is 1. The van der Waals surface area contributed by atoms with Crippen molar-refractivity contribution in [2.45, 2.75) is 11.1 Å². The largest absolute Gasteiger partial charge is 0.416 e. The van der Waals surface area contributed by atoms with Crippen molar-refractivity contribution in [3.63, 3.8) is 0 Å². The van der Waals surface area contributed by atoms with E-state index in [-0.39, 0.29) is 0 Å². The van der Waals surface area contributed by atoms with Crippen LogP contribution in [0.5, 0.6) is 0 Å². The molecule has 2 aromatic rings. The van der Waals surface area contributed by atoms with Gasteiger partial charge in [0.25, 0.3) is 0 Å². The monoisotopic (exact) mass is 269 g/mol. The molecule has 2 rings (SSSR count). The van der Waals surface area contributed by atoms with Gasteiger partial charge in [-0.1, -0.05) is 6.07 Å². The van der Waals surface area contributed by atoms with Crippen LogP contribution in [0.3, 0.4) is 0 Å². The molecule has 0 unspecified atom stereocenters. The normalized spacial score (nSPS) is 11.6. The number of hydrogen-bond donors (Lipinski definition) is 0. The molecule has 94 valence electrons. The van der Waals surface area contributed by atoms with Crippen LogP contribution in [0.2, 0.25) is 0 Å². The van der Waals surface area contributed by atoms with E-state index in [2.05, 4.69) is 4.98 Å². The van der Waals surface area contributed by atoms with Gasteiger partial charge < -0.3 is 0 Å². The summed E-state index contributed by atoms with van der Waals surface area (Å²) in [5.41, 5.74) is 0.409. The van der Waals surface area contributed by atoms with Crippen LogP contribution in [0, 0.1) is 0 Å². The summed E-state index contributed by atoms with van der Waals surface area (Å²) in [5.74, 6) is 0. The molecular weight excluding hydrogens is 259 g/mol. The standard InChI is InChI=1S/C13H10F3NS/c1-18-12-6-5-9(13(14,15)16)8-10(12)11-4-2-3-7-17-11/h2-8H,1H3. The van der Waals surface area contributed by atoms with Crippen molar-refractivity contribution in [3.8, 4) is 11.3 Å². The molecule has 0 bridgehead atoms. The number of rotatable bonds is 2. The van der Waals surface area contributed by atoms with Crippen molar-refractivity contribution in [1.29, 1.82) is 0 Å². The Balaban J connectivity index is 2.57. The van der Waals surface area contributed by atoms with E-state index in [0.717, 1.165) is 17.0 Å². The Morgan fingerprint density at radius 3 is 2.44 bits per heavy atom. The zero-order valence-corrected chi connectivity index (χ0v) is 10.3. The summed E-state index contributed by atoms with van der Waals surface area (Å²) in [5, 5.41) is 0. The van der Waals surface area contributed by atoms with Crippen LogP contribution in [-0.4, -0.2) is 11.2 Å². The molecule has 0 radical (unpaired) electrons. The van der Waals surface area contributed by atoms with Gasteiger partial charge in [0.05, 0.1) is 11.3 Å². The lowest BCUT2D eigenvalue weighted by Gasteiger charge is -2.11. The Morgan fingerprint density at radius 2 is 1.89 bits per heavy atom. The molecule has 1 aromatic carbocycles. The Bertz CT molecular complexity index is 538. The average Bonchev–Trinajstić information content (AvgIpc) is 2.38. The van der Waals surface area contributed by atoms with Crippen LogP contribution in [0.1, 0.15) is 5.56 Å². The molecule has 1 heterocycles. The Morgan fingerprint density at radius 1 is 1.11 bits per heavy atom. The van der Waals surface area contributed by atoms with Gasteiger partial charge in [-0.25, -0.2) is 0 Å². The van der Waals surface area contributed by atoms with Gasteiger partial charge in [-0.3, -0.25) is 4.98 Å². The molecule has 0 aliphatic heterocycles. The molecule has 0 atom stereocenters. The lowest BCUT2D eigenvalue weighted by atomic mass is 10.1. The third-order valence-electron chi connectivity index (χ3n) is 2.47. The highest BCUT2D eigenvalue weighted by molar-refractivity contribution is 7.98. The second-order valence-electron chi connectivity index (χ2n) is 3.63. The fourth-order valence-corrected chi connectivity index (χ4v) is 2.19. The lowest BCUT2D eigenvalue weighted by Crippen LogP contribution is -2.05. The van der Waals surface area contributed by atoms with Crippen molar-refractivity contribution in [3.05, 3.63) is 48.2 Å².